The van der Waals surface area contributed by atoms with Gasteiger partial charge >= 0.3 is 0 Å². The van der Waals surface area contributed by atoms with Gasteiger partial charge in [-0.25, -0.2) is 8.42 Å². The Morgan fingerprint density at radius 3 is 2.22 bits per heavy atom. The number of carbonyl (C=O) groups is 2. The second-order valence-electron chi connectivity index (χ2n) is 7.07. The van der Waals surface area contributed by atoms with Gasteiger partial charge in [-0.15, -0.1) is 0 Å². The van der Waals surface area contributed by atoms with Crippen LogP contribution >= 0.6 is 0 Å². The molecule has 1 aromatic heterocycles. The number of benzene rings is 1. The summed E-state index contributed by atoms with van der Waals surface area (Å²) in [6.07, 6.45) is 1.17. The highest BCUT2D eigenvalue weighted by molar-refractivity contribution is 7.89. The number of hydrogen-bond acceptors (Lipinski definition) is 6. The lowest BCUT2D eigenvalue weighted by Crippen LogP contribution is -2.33. The smallest absolute Gasteiger partial charge is 0.259 e. The molecule has 0 radical (unpaired) electrons. The first kappa shape index (κ1) is 25.1. The van der Waals surface area contributed by atoms with Crippen LogP contribution in [0, 0.1) is 0 Å². The van der Waals surface area contributed by atoms with E-state index in [9.17, 15) is 22.8 Å². The molecule has 1 N–H and O–H groups in total. The third-order valence-electron chi connectivity index (χ3n) is 4.61. The molecule has 11 heteroatoms. The average molecular weight is 465 g/mol. The summed E-state index contributed by atoms with van der Waals surface area (Å²) in [5.74, 6) is -0.220. The summed E-state index contributed by atoms with van der Waals surface area (Å²) in [4.78, 5) is 37.5. The molecule has 0 saturated heterocycles. The van der Waals surface area contributed by atoms with Gasteiger partial charge in [0.05, 0.1) is 4.90 Å². The first-order valence-electron chi connectivity index (χ1n) is 10.0. The van der Waals surface area contributed by atoms with Gasteiger partial charge in [-0.3, -0.25) is 14.4 Å². The molecule has 1 heterocycles. The highest BCUT2D eigenvalue weighted by atomic mass is 32.2. The molecule has 174 valence electrons. The van der Waals surface area contributed by atoms with Crippen molar-refractivity contribution in [2.45, 2.75) is 25.3 Å². The third kappa shape index (κ3) is 6.41. The van der Waals surface area contributed by atoms with E-state index in [4.69, 9.17) is 4.74 Å². The molecule has 0 fully saturated rings. The van der Waals surface area contributed by atoms with Gasteiger partial charge < -0.3 is 19.5 Å². The Bertz CT molecular complexity index is 1110. The number of nitrogens with zero attached hydrogens (tertiary/aromatic N) is 3. The standard InChI is InChI=1S/C21H28N4O6S/c1-5-25(6-2)32(29,30)18-11-12-20(27)24(13-18)14-19(26)22-16-7-9-17(10-8-16)31-15-21(28)23(3)4/h7-13H,5-6,14-15H2,1-4H3,(H,22,26). The lowest BCUT2D eigenvalue weighted by molar-refractivity contribution is -0.130. The molecule has 0 atom stereocenters. The molecule has 0 bridgehead atoms. The average Bonchev–Trinajstić information content (AvgIpc) is 2.75. The third-order valence-corrected chi connectivity index (χ3v) is 6.65. The maximum atomic E-state index is 12.7. The number of ether oxygens (including phenoxy) is 1. The van der Waals surface area contributed by atoms with E-state index in [0.29, 0.717) is 24.5 Å². The van der Waals surface area contributed by atoms with Crippen molar-refractivity contribution in [3.05, 3.63) is 52.9 Å². The molecule has 0 unspecified atom stereocenters. The summed E-state index contributed by atoms with van der Waals surface area (Å²) < 4.78 is 33.0. The number of anilines is 1. The van der Waals surface area contributed by atoms with Gasteiger partial charge in [0, 0.05) is 45.1 Å². The highest BCUT2D eigenvalue weighted by Crippen LogP contribution is 2.16. The van der Waals surface area contributed by atoms with Crippen LogP contribution in [0.5, 0.6) is 5.75 Å². The van der Waals surface area contributed by atoms with Crippen LogP contribution in [0.4, 0.5) is 5.69 Å². The van der Waals surface area contributed by atoms with Crippen LogP contribution in [-0.2, 0) is 26.2 Å². The maximum absolute atomic E-state index is 12.7. The Morgan fingerprint density at radius 2 is 1.66 bits per heavy atom. The zero-order valence-corrected chi connectivity index (χ0v) is 19.4. The van der Waals surface area contributed by atoms with E-state index in [1.165, 1.54) is 21.5 Å². The zero-order chi connectivity index (χ0) is 23.9. The van der Waals surface area contributed by atoms with Gasteiger partial charge in [0.15, 0.2) is 6.61 Å². The Hall–Kier alpha value is -3.18. The number of amides is 2. The van der Waals surface area contributed by atoms with Gasteiger partial charge in [-0.1, -0.05) is 13.8 Å². The van der Waals surface area contributed by atoms with E-state index in [0.717, 1.165) is 10.6 Å². The molecular weight excluding hydrogens is 436 g/mol. The van der Waals surface area contributed by atoms with Crippen molar-refractivity contribution < 1.29 is 22.7 Å². The van der Waals surface area contributed by atoms with Crippen LogP contribution in [0.2, 0.25) is 0 Å². The predicted octanol–water partition coefficient (Wildman–Crippen LogP) is 0.985. The van der Waals surface area contributed by atoms with Crippen LogP contribution in [0.3, 0.4) is 0 Å². The molecule has 2 rings (SSSR count). The van der Waals surface area contributed by atoms with Crippen LogP contribution in [0.1, 0.15) is 13.8 Å². The summed E-state index contributed by atoms with van der Waals surface area (Å²) in [5, 5.41) is 2.64. The van der Waals surface area contributed by atoms with Crippen LogP contribution in [-0.4, -0.2) is 67.8 Å². The fourth-order valence-corrected chi connectivity index (χ4v) is 4.24. The Kier molecular flexibility index (Phi) is 8.56. The number of pyridine rings is 1. The van der Waals surface area contributed by atoms with E-state index < -0.39 is 21.5 Å². The summed E-state index contributed by atoms with van der Waals surface area (Å²) in [7, 11) is -0.497. The molecule has 1 aromatic carbocycles. The Labute approximate surface area is 187 Å². The SMILES string of the molecule is CCN(CC)S(=O)(=O)c1ccc(=O)n(CC(=O)Nc2ccc(OCC(=O)N(C)C)cc2)c1. The molecule has 2 amide bonds. The fraction of sp³-hybridized carbons (Fsp3) is 0.381. The van der Waals surface area contributed by atoms with Gasteiger partial charge in [-0.2, -0.15) is 4.31 Å². The van der Waals surface area contributed by atoms with Gasteiger partial charge in [-0.05, 0) is 30.3 Å². The van der Waals surface area contributed by atoms with E-state index in [-0.39, 0.29) is 24.0 Å². The van der Waals surface area contributed by atoms with Crippen molar-refractivity contribution in [1.82, 2.24) is 13.8 Å². The Morgan fingerprint density at radius 1 is 1.03 bits per heavy atom. The molecular formula is C21H28N4O6S. The summed E-state index contributed by atoms with van der Waals surface area (Å²) in [6.45, 7) is 3.58. The quantitative estimate of drug-likeness (QED) is 0.560. The summed E-state index contributed by atoms with van der Waals surface area (Å²) in [5.41, 5.74) is -0.0331. The van der Waals surface area contributed by atoms with Crippen molar-refractivity contribution >= 4 is 27.5 Å². The van der Waals surface area contributed by atoms with Crippen molar-refractivity contribution in [3.63, 3.8) is 0 Å². The van der Waals surface area contributed by atoms with E-state index in [1.807, 2.05) is 0 Å². The monoisotopic (exact) mass is 464 g/mol. The van der Waals surface area contributed by atoms with Crippen molar-refractivity contribution in [2.75, 3.05) is 39.1 Å². The largest absolute Gasteiger partial charge is 0.484 e. The van der Waals surface area contributed by atoms with E-state index >= 15 is 0 Å². The molecule has 32 heavy (non-hydrogen) atoms. The lowest BCUT2D eigenvalue weighted by Gasteiger charge is -2.19. The minimum atomic E-state index is -3.76. The zero-order valence-electron chi connectivity index (χ0n) is 18.6. The number of likely N-dealkylation sites (N-methyl/N-ethyl adjacent to an activating group) is 1. The van der Waals surface area contributed by atoms with Crippen molar-refractivity contribution in [3.8, 4) is 5.75 Å². The predicted molar refractivity (Wildman–Crippen MR) is 120 cm³/mol. The molecule has 0 spiro atoms. The first-order valence-corrected chi connectivity index (χ1v) is 11.5. The number of nitrogens with one attached hydrogen (secondary N) is 1. The maximum Gasteiger partial charge on any atom is 0.259 e. The minimum Gasteiger partial charge on any atom is -0.484 e. The van der Waals surface area contributed by atoms with Crippen molar-refractivity contribution in [1.29, 1.82) is 0 Å². The molecule has 0 saturated carbocycles. The molecule has 0 aliphatic heterocycles. The number of sulfonamides is 1. The number of rotatable bonds is 10. The van der Waals surface area contributed by atoms with Gasteiger partial charge in [0.1, 0.15) is 12.3 Å². The van der Waals surface area contributed by atoms with Gasteiger partial charge in [0.25, 0.3) is 11.5 Å². The minimum absolute atomic E-state index is 0.0534. The second kappa shape index (κ2) is 10.9. The topological polar surface area (TPSA) is 118 Å². The molecule has 0 aliphatic carbocycles. The molecule has 10 nitrogen and oxygen atoms in total. The second-order valence-corrected chi connectivity index (χ2v) is 9.01. The fourth-order valence-electron chi connectivity index (χ4n) is 2.76. The summed E-state index contributed by atoms with van der Waals surface area (Å²) in [6, 6.07) is 8.76. The van der Waals surface area contributed by atoms with Crippen LogP contribution in [0.15, 0.2) is 52.3 Å². The molecule has 0 aliphatic rings. The highest BCUT2D eigenvalue weighted by Gasteiger charge is 2.22. The Balaban J connectivity index is 2.07. The van der Waals surface area contributed by atoms with Crippen molar-refractivity contribution in [2.24, 2.45) is 0 Å². The first-order chi connectivity index (χ1) is 15.1. The number of hydrogen-bond donors (Lipinski definition) is 1. The van der Waals surface area contributed by atoms with Crippen LogP contribution in [0.25, 0.3) is 0 Å². The van der Waals surface area contributed by atoms with Crippen LogP contribution < -0.4 is 15.6 Å². The van der Waals surface area contributed by atoms with E-state index in [2.05, 4.69) is 5.32 Å². The number of aromatic nitrogens is 1. The van der Waals surface area contributed by atoms with Gasteiger partial charge in [0.2, 0.25) is 15.9 Å². The van der Waals surface area contributed by atoms with E-state index in [1.54, 1.807) is 52.2 Å². The lowest BCUT2D eigenvalue weighted by atomic mass is 10.3. The normalized spacial score (nSPS) is 11.3. The number of carbonyl (C=O) groups excluding carboxylic acids is 2. The summed E-state index contributed by atoms with van der Waals surface area (Å²) >= 11 is 0. The molecule has 2 aromatic rings.